The van der Waals surface area contributed by atoms with Crippen LogP contribution in [0.15, 0.2) is 23.7 Å². The number of pyridine rings is 1. The Morgan fingerprint density at radius 3 is 3.00 bits per heavy atom. The minimum Gasteiger partial charge on any atom is -0.330 e. The lowest BCUT2D eigenvalue weighted by atomic mass is 10.4. The van der Waals surface area contributed by atoms with E-state index in [2.05, 4.69) is 15.3 Å². The van der Waals surface area contributed by atoms with Gasteiger partial charge in [0.15, 0.2) is 0 Å². The molecule has 0 unspecified atom stereocenters. The number of carbonyl (C=O) groups is 1. The van der Waals surface area contributed by atoms with Gasteiger partial charge in [-0.3, -0.25) is 4.79 Å². The first kappa shape index (κ1) is 12.9. The maximum absolute atomic E-state index is 11.8. The molecule has 0 aliphatic carbocycles. The van der Waals surface area contributed by atoms with Crippen molar-refractivity contribution in [3.8, 4) is 0 Å². The summed E-state index contributed by atoms with van der Waals surface area (Å²) < 4.78 is 0. The largest absolute Gasteiger partial charge is 0.330 e. The molecule has 0 atom stereocenters. The number of nitrogens with zero attached hydrogens (tertiary/aromatic N) is 2. The van der Waals surface area contributed by atoms with Crippen molar-refractivity contribution >= 4 is 34.7 Å². The van der Waals surface area contributed by atoms with E-state index in [0.29, 0.717) is 29.5 Å². The van der Waals surface area contributed by atoms with E-state index in [1.54, 1.807) is 17.5 Å². The van der Waals surface area contributed by atoms with Crippen molar-refractivity contribution in [2.24, 2.45) is 5.73 Å². The molecule has 2 heterocycles. The number of rotatable bonds is 4. The molecule has 0 spiro atoms. The van der Waals surface area contributed by atoms with Gasteiger partial charge in [0.05, 0.1) is 10.0 Å². The predicted octanol–water partition coefficient (Wildman–Crippen LogP) is 1.94. The second-order valence-electron chi connectivity index (χ2n) is 3.48. The summed E-state index contributed by atoms with van der Waals surface area (Å²) in [7, 11) is 0. The van der Waals surface area contributed by atoms with Gasteiger partial charge in [-0.25, -0.2) is 9.97 Å². The van der Waals surface area contributed by atoms with E-state index >= 15 is 0 Å². The van der Waals surface area contributed by atoms with Crippen LogP contribution in [0.5, 0.6) is 0 Å². The van der Waals surface area contributed by atoms with Gasteiger partial charge in [-0.15, -0.1) is 11.3 Å². The molecule has 94 valence electrons. The van der Waals surface area contributed by atoms with Crippen LogP contribution >= 0.6 is 22.9 Å². The van der Waals surface area contributed by atoms with Gasteiger partial charge in [0.2, 0.25) is 0 Å². The molecule has 3 N–H and O–H groups in total. The number of hydrogen-bond donors (Lipinski definition) is 2. The third-order valence-electron chi connectivity index (χ3n) is 2.11. The summed E-state index contributed by atoms with van der Waals surface area (Å²) in [5, 5.41) is 5.72. The van der Waals surface area contributed by atoms with Crippen LogP contribution < -0.4 is 11.1 Å². The van der Waals surface area contributed by atoms with Gasteiger partial charge in [-0.05, 0) is 18.7 Å². The number of hydrogen-bond acceptors (Lipinski definition) is 5. The normalized spacial score (nSPS) is 10.3. The Bertz CT molecular complexity index is 540. The number of amides is 1. The highest BCUT2D eigenvalue weighted by Crippen LogP contribution is 2.13. The van der Waals surface area contributed by atoms with Crippen LogP contribution in [-0.4, -0.2) is 22.4 Å². The standard InChI is InChI=1S/C11H11ClN4OS/c12-7-1-2-9(14-5-7)16-11(17)8-6-18-10(15-8)3-4-13/h1-2,5-6H,3-4,13H2,(H,14,16,17). The van der Waals surface area contributed by atoms with Gasteiger partial charge < -0.3 is 11.1 Å². The highest BCUT2D eigenvalue weighted by Gasteiger charge is 2.11. The summed E-state index contributed by atoms with van der Waals surface area (Å²) >= 11 is 7.13. The minimum atomic E-state index is -0.288. The average Bonchev–Trinajstić information content (AvgIpc) is 2.81. The molecule has 0 radical (unpaired) electrons. The van der Waals surface area contributed by atoms with Crippen molar-refractivity contribution < 1.29 is 4.79 Å². The Hall–Kier alpha value is -1.50. The number of carbonyl (C=O) groups excluding carboxylic acids is 1. The van der Waals surface area contributed by atoms with Crippen molar-refractivity contribution in [3.63, 3.8) is 0 Å². The summed E-state index contributed by atoms with van der Waals surface area (Å²) in [4.78, 5) is 20.0. The Labute approximate surface area is 113 Å². The second-order valence-corrected chi connectivity index (χ2v) is 4.86. The van der Waals surface area contributed by atoms with E-state index in [1.807, 2.05) is 0 Å². The van der Waals surface area contributed by atoms with Gasteiger partial charge in [-0.2, -0.15) is 0 Å². The Morgan fingerprint density at radius 1 is 1.50 bits per heavy atom. The average molecular weight is 283 g/mol. The van der Waals surface area contributed by atoms with Crippen molar-refractivity contribution in [2.45, 2.75) is 6.42 Å². The van der Waals surface area contributed by atoms with Crippen LogP contribution in [0.4, 0.5) is 5.82 Å². The zero-order valence-corrected chi connectivity index (χ0v) is 11.0. The number of anilines is 1. The highest BCUT2D eigenvalue weighted by molar-refractivity contribution is 7.09. The zero-order valence-electron chi connectivity index (χ0n) is 9.39. The summed E-state index contributed by atoms with van der Waals surface area (Å²) in [5.74, 6) is 0.155. The maximum Gasteiger partial charge on any atom is 0.276 e. The number of nitrogens with two attached hydrogens (primary N) is 1. The summed E-state index contributed by atoms with van der Waals surface area (Å²) in [6.45, 7) is 0.521. The number of aromatic nitrogens is 2. The topological polar surface area (TPSA) is 80.9 Å². The lowest BCUT2D eigenvalue weighted by Gasteiger charge is -2.01. The quantitative estimate of drug-likeness (QED) is 0.898. The summed E-state index contributed by atoms with van der Waals surface area (Å²) in [5.41, 5.74) is 5.80. The summed E-state index contributed by atoms with van der Waals surface area (Å²) in [6.07, 6.45) is 2.15. The molecule has 0 saturated heterocycles. The number of halogens is 1. The molecule has 0 fully saturated rings. The third-order valence-corrected chi connectivity index (χ3v) is 3.24. The molecule has 2 aromatic heterocycles. The highest BCUT2D eigenvalue weighted by atomic mass is 35.5. The second kappa shape index (κ2) is 5.90. The van der Waals surface area contributed by atoms with Gasteiger partial charge >= 0.3 is 0 Å². The fourth-order valence-corrected chi connectivity index (χ4v) is 2.19. The molecule has 0 aliphatic heterocycles. The zero-order chi connectivity index (χ0) is 13.0. The molecule has 5 nitrogen and oxygen atoms in total. The first-order valence-electron chi connectivity index (χ1n) is 5.26. The van der Waals surface area contributed by atoms with Crippen LogP contribution in [0.2, 0.25) is 5.02 Å². The van der Waals surface area contributed by atoms with E-state index in [-0.39, 0.29) is 5.91 Å². The Morgan fingerprint density at radius 2 is 2.33 bits per heavy atom. The van der Waals surface area contributed by atoms with Crippen LogP contribution in [0.3, 0.4) is 0 Å². The third kappa shape index (κ3) is 3.25. The number of thiazole rings is 1. The maximum atomic E-state index is 11.8. The lowest BCUT2D eigenvalue weighted by molar-refractivity contribution is 0.102. The molecule has 7 heteroatoms. The van der Waals surface area contributed by atoms with Crippen molar-refractivity contribution in [3.05, 3.63) is 39.4 Å². The fraction of sp³-hybridized carbons (Fsp3) is 0.182. The van der Waals surface area contributed by atoms with Crippen LogP contribution in [0.25, 0.3) is 0 Å². The smallest absolute Gasteiger partial charge is 0.276 e. The van der Waals surface area contributed by atoms with Crippen molar-refractivity contribution in [1.82, 2.24) is 9.97 Å². The van der Waals surface area contributed by atoms with Gasteiger partial charge in [0.1, 0.15) is 11.5 Å². The SMILES string of the molecule is NCCc1nc(C(=O)Nc2ccc(Cl)cn2)cs1. The van der Waals surface area contributed by atoms with Crippen molar-refractivity contribution in [2.75, 3.05) is 11.9 Å². The van der Waals surface area contributed by atoms with E-state index in [9.17, 15) is 4.79 Å². The molecule has 0 aliphatic rings. The van der Waals surface area contributed by atoms with Gasteiger partial charge in [0, 0.05) is 18.0 Å². The van der Waals surface area contributed by atoms with E-state index in [0.717, 1.165) is 5.01 Å². The van der Waals surface area contributed by atoms with Crippen LogP contribution in [-0.2, 0) is 6.42 Å². The Balaban J connectivity index is 2.04. The summed E-state index contributed by atoms with van der Waals surface area (Å²) in [6, 6.07) is 3.29. The Kier molecular flexibility index (Phi) is 4.24. The molecule has 1 amide bonds. The lowest BCUT2D eigenvalue weighted by Crippen LogP contribution is -2.13. The first-order chi connectivity index (χ1) is 8.69. The molecule has 0 saturated carbocycles. The first-order valence-corrected chi connectivity index (χ1v) is 6.52. The van der Waals surface area contributed by atoms with Crippen LogP contribution in [0.1, 0.15) is 15.5 Å². The minimum absolute atomic E-state index is 0.288. The molecular weight excluding hydrogens is 272 g/mol. The van der Waals surface area contributed by atoms with E-state index in [4.69, 9.17) is 17.3 Å². The number of nitrogens with one attached hydrogen (secondary N) is 1. The fourth-order valence-electron chi connectivity index (χ4n) is 1.28. The van der Waals surface area contributed by atoms with E-state index < -0.39 is 0 Å². The molecule has 18 heavy (non-hydrogen) atoms. The van der Waals surface area contributed by atoms with Gasteiger partial charge in [-0.1, -0.05) is 11.6 Å². The molecule has 2 aromatic rings. The molecular formula is C11H11ClN4OS. The molecule has 0 bridgehead atoms. The predicted molar refractivity (Wildman–Crippen MR) is 72.1 cm³/mol. The molecule has 2 rings (SSSR count). The monoisotopic (exact) mass is 282 g/mol. The van der Waals surface area contributed by atoms with Crippen LogP contribution in [0, 0.1) is 0 Å². The van der Waals surface area contributed by atoms with Gasteiger partial charge in [0.25, 0.3) is 5.91 Å². The van der Waals surface area contributed by atoms with E-state index in [1.165, 1.54) is 17.5 Å². The molecule has 0 aromatic carbocycles. The van der Waals surface area contributed by atoms with Crippen molar-refractivity contribution in [1.29, 1.82) is 0 Å².